The summed E-state index contributed by atoms with van der Waals surface area (Å²) in [7, 11) is 2.07. The van der Waals surface area contributed by atoms with Crippen LogP contribution in [-0.4, -0.2) is 13.3 Å². The van der Waals surface area contributed by atoms with Crippen LogP contribution in [0.1, 0.15) is 50.6 Å². The fourth-order valence-corrected chi connectivity index (χ4v) is 2.85. The maximum absolute atomic E-state index is 3.46. The summed E-state index contributed by atoms with van der Waals surface area (Å²) in [4.78, 5) is 1.40. The Labute approximate surface area is 110 Å². The Morgan fingerprint density at radius 3 is 2.59 bits per heavy atom. The topological polar surface area (TPSA) is 12.0 Å². The Bertz CT molecular complexity index is 312. The van der Waals surface area contributed by atoms with E-state index in [9.17, 15) is 0 Å². The lowest BCUT2D eigenvalue weighted by molar-refractivity contribution is 0.500. The van der Waals surface area contributed by atoms with Gasteiger partial charge in [-0.25, -0.2) is 0 Å². The molecule has 0 bridgehead atoms. The van der Waals surface area contributed by atoms with Crippen molar-refractivity contribution >= 4 is 11.8 Å². The number of nitrogens with one attached hydrogen (secondary N) is 1. The summed E-state index contributed by atoms with van der Waals surface area (Å²) in [5.74, 6) is 0. The minimum absolute atomic E-state index is 0.510. The highest BCUT2D eigenvalue weighted by Crippen LogP contribution is 2.28. The molecule has 1 atom stereocenters. The van der Waals surface area contributed by atoms with E-state index in [-0.39, 0.29) is 0 Å². The molecule has 1 rings (SSSR count). The maximum atomic E-state index is 3.46. The summed E-state index contributed by atoms with van der Waals surface area (Å²) in [5, 5.41) is 3.46. The van der Waals surface area contributed by atoms with Crippen LogP contribution in [-0.2, 0) is 0 Å². The molecule has 1 aromatic rings. The molecule has 0 aliphatic heterocycles. The van der Waals surface area contributed by atoms with E-state index < -0.39 is 0 Å². The Hall–Kier alpha value is -0.470. The predicted octanol–water partition coefficient (Wildman–Crippen LogP) is 4.64. The van der Waals surface area contributed by atoms with Crippen LogP contribution in [0.25, 0.3) is 0 Å². The van der Waals surface area contributed by atoms with Gasteiger partial charge in [0.15, 0.2) is 0 Å². The highest BCUT2D eigenvalue weighted by atomic mass is 32.2. The molecule has 0 aliphatic rings. The number of rotatable bonds is 8. The lowest BCUT2D eigenvalue weighted by Crippen LogP contribution is -2.17. The third-order valence-corrected chi connectivity index (χ3v) is 4.02. The van der Waals surface area contributed by atoms with Crippen LogP contribution in [0, 0.1) is 0 Å². The van der Waals surface area contributed by atoms with Crippen molar-refractivity contribution in [3.05, 3.63) is 29.8 Å². The van der Waals surface area contributed by atoms with Crippen molar-refractivity contribution < 1.29 is 0 Å². The first-order chi connectivity index (χ1) is 8.33. The van der Waals surface area contributed by atoms with E-state index in [4.69, 9.17) is 0 Å². The Kier molecular flexibility index (Phi) is 7.38. The molecule has 0 aromatic heterocycles. The fourth-order valence-electron chi connectivity index (χ4n) is 2.18. The van der Waals surface area contributed by atoms with Crippen molar-refractivity contribution in [2.45, 2.75) is 50.0 Å². The van der Waals surface area contributed by atoms with E-state index >= 15 is 0 Å². The number of benzene rings is 1. The molecule has 0 fully saturated rings. The van der Waals surface area contributed by atoms with Crippen LogP contribution >= 0.6 is 11.8 Å². The van der Waals surface area contributed by atoms with Gasteiger partial charge in [-0.05, 0) is 31.4 Å². The highest BCUT2D eigenvalue weighted by Gasteiger charge is 2.12. The predicted molar refractivity (Wildman–Crippen MR) is 78.8 cm³/mol. The lowest BCUT2D eigenvalue weighted by atomic mass is 10.00. The number of thioether (sulfide) groups is 1. The summed E-state index contributed by atoms with van der Waals surface area (Å²) in [5.41, 5.74) is 1.46. The third-order valence-electron chi connectivity index (χ3n) is 3.21. The first-order valence-corrected chi connectivity index (χ1v) is 7.86. The molecular weight excluding hydrogens is 226 g/mol. The maximum Gasteiger partial charge on any atom is 0.0328 e. The summed E-state index contributed by atoms with van der Waals surface area (Å²) in [6.45, 7) is 2.26. The molecule has 1 N–H and O–H groups in total. The molecule has 1 unspecified atom stereocenters. The Balaban J connectivity index is 2.59. The van der Waals surface area contributed by atoms with Gasteiger partial charge in [0.2, 0.25) is 0 Å². The van der Waals surface area contributed by atoms with Crippen LogP contribution in [0.15, 0.2) is 29.2 Å². The SMILES string of the molecule is CCCCCCC(NC)c1ccccc1SC. The first kappa shape index (κ1) is 14.6. The molecule has 17 heavy (non-hydrogen) atoms. The van der Waals surface area contributed by atoms with Crippen LogP contribution in [0.2, 0.25) is 0 Å². The van der Waals surface area contributed by atoms with Crippen molar-refractivity contribution in [1.82, 2.24) is 5.32 Å². The quantitative estimate of drug-likeness (QED) is 0.533. The zero-order valence-corrected chi connectivity index (χ0v) is 12.1. The molecule has 0 radical (unpaired) electrons. The Morgan fingerprint density at radius 2 is 1.94 bits per heavy atom. The molecule has 0 amide bonds. The summed E-state index contributed by atoms with van der Waals surface area (Å²) in [6.07, 6.45) is 8.75. The molecule has 1 nitrogen and oxygen atoms in total. The molecule has 0 spiro atoms. The van der Waals surface area contributed by atoms with Crippen LogP contribution in [0.4, 0.5) is 0 Å². The average Bonchev–Trinajstić information content (AvgIpc) is 2.39. The van der Waals surface area contributed by atoms with Crippen molar-refractivity contribution in [2.24, 2.45) is 0 Å². The number of hydrogen-bond donors (Lipinski definition) is 1. The Morgan fingerprint density at radius 1 is 1.18 bits per heavy atom. The summed E-state index contributed by atoms with van der Waals surface area (Å²) >= 11 is 1.84. The van der Waals surface area contributed by atoms with Gasteiger partial charge in [-0.15, -0.1) is 11.8 Å². The molecular formula is C15H25NS. The molecule has 96 valence electrons. The van der Waals surface area contributed by atoms with E-state index in [1.807, 2.05) is 11.8 Å². The highest BCUT2D eigenvalue weighted by molar-refractivity contribution is 7.98. The van der Waals surface area contributed by atoms with Crippen LogP contribution in [0.3, 0.4) is 0 Å². The smallest absolute Gasteiger partial charge is 0.0328 e. The molecule has 0 heterocycles. The monoisotopic (exact) mass is 251 g/mol. The van der Waals surface area contributed by atoms with Crippen molar-refractivity contribution in [2.75, 3.05) is 13.3 Å². The van der Waals surface area contributed by atoms with Crippen molar-refractivity contribution in [3.8, 4) is 0 Å². The molecule has 2 heteroatoms. The van der Waals surface area contributed by atoms with Gasteiger partial charge in [0, 0.05) is 10.9 Å². The molecule has 0 aliphatic carbocycles. The molecule has 0 saturated heterocycles. The van der Waals surface area contributed by atoms with Crippen LogP contribution in [0.5, 0.6) is 0 Å². The van der Waals surface area contributed by atoms with Gasteiger partial charge in [0.1, 0.15) is 0 Å². The normalized spacial score (nSPS) is 12.6. The largest absolute Gasteiger partial charge is 0.313 e. The summed E-state index contributed by atoms with van der Waals surface area (Å²) in [6, 6.07) is 9.25. The van der Waals surface area contributed by atoms with E-state index in [0.717, 1.165) is 0 Å². The van der Waals surface area contributed by atoms with E-state index in [0.29, 0.717) is 6.04 Å². The standard InChI is InChI=1S/C15H25NS/c1-4-5-6-7-11-14(16-2)13-10-8-9-12-15(13)17-3/h8-10,12,14,16H,4-7,11H2,1-3H3. The van der Waals surface area contributed by atoms with Gasteiger partial charge in [-0.3, -0.25) is 0 Å². The second-order valence-electron chi connectivity index (χ2n) is 4.43. The minimum Gasteiger partial charge on any atom is -0.313 e. The number of hydrogen-bond acceptors (Lipinski definition) is 2. The van der Waals surface area contributed by atoms with Gasteiger partial charge in [0.25, 0.3) is 0 Å². The van der Waals surface area contributed by atoms with Crippen LogP contribution < -0.4 is 5.32 Å². The molecule has 0 saturated carbocycles. The number of unbranched alkanes of at least 4 members (excludes halogenated alkanes) is 3. The average molecular weight is 251 g/mol. The van der Waals surface area contributed by atoms with E-state index in [2.05, 4.69) is 49.8 Å². The fraction of sp³-hybridized carbons (Fsp3) is 0.600. The molecule has 1 aromatic carbocycles. The van der Waals surface area contributed by atoms with Crippen molar-refractivity contribution in [3.63, 3.8) is 0 Å². The van der Waals surface area contributed by atoms with Gasteiger partial charge in [-0.1, -0.05) is 50.8 Å². The third kappa shape index (κ3) is 4.72. The van der Waals surface area contributed by atoms with Gasteiger partial charge in [-0.2, -0.15) is 0 Å². The zero-order valence-electron chi connectivity index (χ0n) is 11.3. The van der Waals surface area contributed by atoms with E-state index in [1.165, 1.54) is 42.6 Å². The van der Waals surface area contributed by atoms with Gasteiger partial charge < -0.3 is 5.32 Å². The van der Waals surface area contributed by atoms with Gasteiger partial charge in [0.05, 0.1) is 0 Å². The summed E-state index contributed by atoms with van der Waals surface area (Å²) < 4.78 is 0. The lowest BCUT2D eigenvalue weighted by Gasteiger charge is -2.19. The second kappa shape index (κ2) is 8.60. The second-order valence-corrected chi connectivity index (χ2v) is 5.28. The van der Waals surface area contributed by atoms with E-state index in [1.54, 1.807) is 0 Å². The zero-order chi connectivity index (χ0) is 12.5. The minimum atomic E-state index is 0.510. The first-order valence-electron chi connectivity index (χ1n) is 6.63. The van der Waals surface area contributed by atoms with Crippen molar-refractivity contribution in [1.29, 1.82) is 0 Å². The van der Waals surface area contributed by atoms with Gasteiger partial charge >= 0.3 is 0 Å².